The number of aryl methyl sites for hydroxylation is 1. The van der Waals surface area contributed by atoms with Gasteiger partial charge in [-0.25, -0.2) is 0 Å². The number of aromatic hydroxyl groups is 1. The van der Waals surface area contributed by atoms with Gasteiger partial charge in [0.15, 0.2) is 0 Å². The molecule has 3 rings (SSSR count). The van der Waals surface area contributed by atoms with E-state index < -0.39 is 5.97 Å². The van der Waals surface area contributed by atoms with Crippen LogP contribution in [-0.2, 0) is 21.4 Å². The molecular weight excluding hydrogens is 358 g/mol. The molecule has 0 unspecified atom stereocenters. The number of carbonyl (C=O) groups is 1. The van der Waals surface area contributed by atoms with Crippen LogP contribution in [0.5, 0.6) is 5.75 Å². The molecule has 0 atom stereocenters. The van der Waals surface area contributed by atoms with E-state index in [1.165, 1.54) is 0 Å². The van der Waals surface area contributed by atoms with Crippen LogP contribution in [-0.4, -0.2) is 44.4 Å². The van der Waals surface area contributed by atoms with Crippen molar-refractivity contribution in [1.82, 2.24) is 15.0 Å². The van der Waals surface area contributed by atoms with E-state index in [0.29, 0.717) is 12.0 Å². The third-order valence-electron chi connectivity index (χ3n) is 4.45. The van der Waals surface area contributed by atoms with Crippen molar-refractivity contribution in [2.75, 3.05) is 13.2 Å². The number of ether oxygens (including phenoxy) is 1. The molecule has 0 fully saturated rings. The summed E-state index contributed by atoms with van der Waals surface area (Å²) in [5.41, 5.74) is 3.36. The van der Waals surface area contributed by atoms with Crippen molar-refractivity contribution >= 4 is 17.0 Å². The van der Waals surface area contributed by atoms with Gasteiger partial charge in [-0.15, -0.1) is 10.2 Å². The number of nitrogens with zero attached hydrogens (tertiary/aromatic N) is 3. The van der Waals surface area contributed by atoms with E-state index in [2.05, 4.69) is 10.2 Å². The first-order valence-electron chi connectivity index (χ1n) is 9.25. The molecule has 1 aromatic heterocycles. The fraction of sp³-hybridized carbons (Fsp3) is 0.381. The second-order valence-corrected chi connectivity index (χ2v) is 7.67. The zero-order valence-corrected chi connectivity index (χ0v) is 16.3. The molecule has 2 aromatic carbocycles. The van der Waals surface area contributed by atoms with Crippen LogP contribution in [0.25, 0.3) is 16.7 Å². The molecule has 0 aliphatic rings. The highest BCUT2D eigenvalue weighted by Crippen LogP contribution is 2.36. The molecule has 0 saturated heterocycles. The first-order valence-corrected chi connectivity index (χ1v) is 9.25. The molecule has 0 saturated carbocycles. The first-order chi connectivity index (χ1) is 13.3. The topological polar surface area (TPSA) is 97.5 Å². The number of fused-ring (bicyclic) bond motifs is 1. The van der Waals surface area contributed by atoms with Crippen molar-refractivity contribution < 1.29 is 19.7 Å². The summed E-state index contributed by atoms with van der Waals surface area (Å²) in [6.45, 7) is 5.80. The van der Waals surface area contributed by atoms with Crippen LogP contribution in [0, 0.1) is 0 Å². The number of carbonyl (C=O) groups excluding carboxylic acids is 1. The normalized spacial score (nSPS) is 11.7. The minimum absolute atomic E-state index is 0.0259. The summed E-state index contributed by atoms with van der Waals surface area (Å²) >= 11 is 0. The molecule has 148 valence electrons. The van der Waals surface area contributed by atoms with E-state index in [0.717, 1.165) is 22.3 Å². The average Bonchev–Trinajstić information content (AvgIpc) is 3.08. The molecule has 28 heavy (non-hydrogen) atoms. The lowest BCUT2D eigenvalue weighted by Gasteiger charge is -2.23. The predicted octanol–water partition coefficient (Wildman–Crippen LogP) is 2.89. The Morgan fingerprint density at radius 2 is 1.79 bits per heavy atom. The van der Waals surface area contributed by atoms with E-state index in [-0.39, 0.29) is 30.8 Å². The quantitative estimate of drug-likeness (QED) is 0.635. The number of phenols is 1. The lowest BCUT2D eigenvalue weighted by atomic mass is 9.84. The predicted molar refractivity (Wildman–Crippen MR) is 106 cm³/mol. The Morgan fingerprint density at radius 3 is 2.36 bits per heavy atom. The van der Waals surface area contributed by atoms with Gasteiger partial charge in [-0.3, -0.25) is 4.79 Å². The van der Waals surface area contributed by atoms with E-state index >= 15 is 0 Å². The van der Waals surface area contributed by atoms with E-state index in [1.54, 1.807) is 10.9 Å². The van der Waals surface area contributed by atoms with Gasteiger partial charge in [0, 0.05) is 12.0 Å². The van der Waals surface area contributed by atoms with Crippen LogP contribution in [0.3, 0.4) is 0 Å². The van der Waals surface area contributed by atoms with Crippen molar-refractivity contribution in [3.8, 4) is 11.4 Å². The molecular formula is C21H25N3O4. The maximum absolute atomic E-state index is 11.8. The van der Waals surface area contributed by atoms with E-state index in [9.17, 15) is 9.90 Å². The third-order valence-corrected chi connectivity index (χ3v) is 4.45. The van der Waals surface area contributed by atoms with Gasteiger partial charge < -0.3 is 14.9 Å². The monoisotopic (exact) mass is 383 g/mol. The fourth-order valence-corrected chi connectivity index (χ4v) is 3.00. The van der Waals surface area contributed by atoms with Gasteiger partial charge in [0.1, 0.15) is 23.4 Å². The van der Waals surface area contributed by atoms with Gasteiger partial charge in [0.05, 0.1) is 12.3 Å². The standard InChI is InChI=1S/C21H25N3O4/c1-21(2,3)16-13-15(24-22-17-6-4-5-7-18(17)23-24)12-14(20(16)27)8-9-19(26)28-11-10-25/h4-7,12-13,25,27H,8-11H2,1-3H3. The Balaban J connectivity index is 1.99. The number of aliphatic hydroxyl groups is 1. The zero-order valence-electron chi connectivity index (χ0n) is 16.3. The summed E-state index contributed by atoms with van der Waals surface area (Å²) in [4.78, 5) is 13.3. The Labute approximate surface area is 163 Å². The highest BCUT2D eigenvalue weighted by molar-refractivity contribution is 5.73. The fourth-order valence-electron chi connectivity index (χ4n) is 3.00. The van der Waals surface area contributed by atoms with Crippen molar-refractivity contribution in [1.29, 1.82) is 0 Å². The number of hydrogen-bond donors (Lipinski definition) is 2. The third kappa shape index (κ3) is 4.31. The van der Waals surface area contributed by atoms with Gasteiger partial charge in [-0.1, -0.05) is 32.9 Å². The highest BCUT2D eigenvalue weighted by atomic mass is 16.5. The summed E-state index contributed by atoms with van der Waals surface area (Å²) in [6, 6.07) is 11.3. The molecule has 0 amide bonds. The molecule has 7 heteroatoms. The Bertz CT molecular complexity index is 956. The van der Waals surface area contributed by atoms with Crippen LogP contribution < -0.4 is 0 Å². The first kappa shape index (κ1) is 19.8. The lowest BCUT2D eigenvalue weighted by molar-refractivity contribution is -0.144. The van der Waals surface area contributed by atoms with Crippen LogP contribution in [0.15, 0.2) is 36.4 Å². The number of rotatable bonds is 6. The molecule has 3 aromatic rings. The van der Waals surface area contributed by atoms with Crippen molar-refractivity contribution in [3.63, 3.8) is 0 Å². The summed E-state index contributed by atoms with van der Waals surface area (Å²) in [7, 11) is 0. The number of esters is 1. The second-order valence-electron chi connectivity index (χ2n) is 7.67. The van der Waals surface area contributed by atoms with Gasteiger partial charge in [0.2, 0.25) is 0 Å². The maximum Gasteiger partial charge on any atom is 0.306 e. The minimum atomic E-state index is -0.417. The van der Waals surface area contributed by atoms with Crippen LogP contribution in [0.2, 0.25) is 0 Å². The minimum Gasteiger partial charge on any atom is -0.507 e. The van der Waals surface area contributed by atoms with Crippen molar-refractivity contribution in [3.05, 3.63) is 47.5 Å². The Kier molecular flexibility index (Phi) is 5.65. The van der Waals surface area contributed by atoms with Gasteiger partial charge in [0.25, 0.3) is 0 Å². The summed E-state index contributed by atoms with van der Waals surface area (Å²) < 4.78 is 4.90. The molecule has 7 nitrogen and oxygen atoms in total. The average molecular weight is 383 g/mol. The van der Waals surface area contributed by atoms with E-state index in [4.69, 9.17) is 9.84 Å². The van der Waals surface area contributed by atoms with Crippen LogP contribution in [0.4, 0.5) is 0 Å². The van der Waals surface area contributed by atoms with Crippen LogP contribution in [0.1, 0.15) is 38.3 Å². The number of phenolic OH excluding ortho intramolecular Hbond substituents is 1. The molecule has 0 aliphatic heterocycles. The molecule has 0 radical (unpaired) electrons. The Morgan fingerprint density at radius 1 is 1.14 bits per heavy atom. The van der Waals surface area contributed by atoms with Crippen molar-refractivity contribution in [2.45, 2.75) is 39.0 Å². The number of aliphatic hydroxyl groups excluding tert-OH is 1. The smallest absolute Gasteiger partial charge is 0.306 e. The highest BCUT2D eigenvalue weighted by Gasteiger charge is 2.23. The molecule has 0 bridgehead atoms. The lowest BCUT2D eigenvalue weighted by Crippen LogP contribution is -2.15. The zero-order chi connectivity index (χ0) is 20.3. The summed E-state index contributed by atoms with van der Waals surface area (Å²) in [6.07, 6.45) is 0.420. The Hall–Kier alpha value is -2.93. The number of aromatic nitrogens is 3. The molecule has 0 aliphatic carbocycles. The van der Waals surface area contributed by atoms with Crippen molar-refractivity contribution in [2.24, 2.45) is 0 Å². The number of hydrogen-bond acceptors (Lipinski definition) is 6. The molecule has 0 spiro atoms. The summed E-state index contributed by atoms with van der Waals surface area (Å²) in [5.74, 6) is -0.248. The molecule has 2 N–H and O–H groups in total. The largest absolute Gasteiger partial charge is 0.507 e. The second kappa shape index (κ2) is 7.98. The SMILES string of the molecule is CC(C)(C)c1cc(-n2nc3ccccc3n2)cc(CCC(=O)OCCO)c1O. The van der Waals surface area contributed by atoms with E-state index in [1.807, 2.05) is 51.1 Å². The number of benzene rings is 2. The summed E-state index contributed by atoms with van der Waals surface area (Å²) in [5, 5.41) is 28.6. The van der Waals surface area contributed by atoms with Gasteiger partial charge in [-0.05, 0) is 41.7 Å². The molecule has 1 heterocycles. The maximum atomic E-state index is 11.8. The van der Waals surface area contributed by atoms with Crippen LogP contribution >= 0.6 is 0 Å². The van der Waals surface area contributed by atoms with Gasteiger partial charge >= 0.3 is 5.97 Å². The van der Waals surface area contributed by atoms with Gasteiger partial charge in [-0.2, -0.15) is 4.80 Å².